The Morgan fingerprint density at radius 3 is 2.20 bits per heavy atom. The molecule has 1 aromatic carbocycles. The van der Waals surface area contributed by atoms with Crippen molar-refractivity contribution < 1.29 is 42.2 Å². The van der Waals surface area contributed by atoms with Crippen LogP contribution in [0.1, 0.15) is 23.6 Å². The summed E-state index contributed by atoms with van der Waals surface area (Å²) in [6, 6.07) is 16.8. The van der Waals surface area contributed by atoms with E-state index in [1.807, 2.05) is 12.3 Å². The first kappa shape index (κ1) is 24.7. The van der Waals surface area contributed by atoms with E-state index >= 15 is 0 Å². The van der Waals surface area contributed by atoms with Crippen molar-refractivity contribution in [1.29, 1.82) is 0 Å². The van der Waals surface area contributed by atoms with E-state index < -0.39 is 6.69 Å². The van der Waals surface area contributed by atoms with E-state index in [1.165, 1.54) is 16.3 Å². The van der Waals surface area contributed by atoms with E-state index in [4.69, 9.17) is 0 Å². The van der Waals surface area contributed by atoms with Crippen molar-refractivity contribution in [1.82, 2.24) is 4.98 Å². The molecule has 1 aliphatic rings. The molecule has 0 bridgehead atoms. The SMILES string of the molecule is C[Si](C)(Br)C1=CCC(C(c2ccccc2)c2ccccn2)=[C-]1.[Cl-].[Cl-].[Cr+3]. The number of pyridine rings is 1. The Bertz CT molecular complexity index is 676. The van der Waals surface area contributed by atoms with Crippen molar-refractivity contribution in [2.24, 2.45) is 0 Å². The fourth-order valence-corrected chi connectivity index (χ4v) is 4.64. The zero-order valence-corrected chi connectivity index (χ0v) is 19.4. The van der Waals surface area contributed by atoms with E-state index in [9.17, 15) is 0 Å². The molecule has 1 radical (unpaired) electrons. The van der Waals surface area contributed by atoms with Crippen molar-refractivity contribution >= 4 is 22.0 Å². The van der Waals surface area contributed by atoms with Crippen molar-refractivity contribution in [3.8, 4) is 0 Å². The maximum atomic E-state index is 4.60. The predicted octanol–water partition coefficient (Wildman–Crippen LogP) is -0.582. The van der Waals surface area contributed by atoms with Crippen molar-refractivity contribution in [3.05, 3.63) is 88.9 Å². The van der Waals surface area contributed by atoms with Crippen LogP contribution in [-0.2, 0) is 17.4 Å². The molecule has 25 heavy (non-hydrogen) atoms. The molecule has 0 saturated heterocycles. The third kappa shape index (κ3) is 6.10. The molecule has 1 aliphatic carbocycles. The number of rotatable bonds is 4. The first-order chi connectivity index (χ1) is 10.6. The zero-order chi connectivity index (χ0) is 15.6. The Morgan fingerprint density at radius 2 is 1.68 bits per heavy atom. The molecule has 0 N–H and O–H groups in total. The van der Waals surface area contributed by atoms with Gasteiger partial charge < -0.3 is 24.8 Å². The molecule has 1 nitrogen and oxygen atoms in total. The number of halogens is 3. The summed E-state index contributed by atoms with van der Waals surface area (Å²) in [5.74, 6) is 0.194. The van der Waals surface area contributed by atoms with Gasteiger partial charge in [0.2, 0.25) is 0 Å². The van der Waals surface area contributed by atoms with Gasteiger partial charge in [-0.1, -0.05) is 55.9 Å². The molecule has 2 aromatic rings. The molecule has 3 rings (SSSR count). The Balaban J connectivity index is 0.00000192. The van der Waals surface area contributed by atoms with Gasteiger partial charge in [0.15, 0.2) is 0 Å². The summed E-state index contributed by atoms with van der Waals surface area (Å²) in [4.78, 5) is 4.60. The summed E-state index contributed by atoms with van der Waals surface area (Å²) in [5, 5.41) is 1.36. The van der Waals surface area contributed by atoms with Crippen LogP contribution in [0.15, 0.2) is 71.6 Å². The smallest absolute Gasteiger partial charge is 1.00 e. The van der Waals surface area contributed by atoms with Crippen LogP contribution in [0.2, 0.25) is 13.1 Å². The van der Waals surface area contributed by atoms with E-state index in [2.05, 4.69) is 88.0 Å². The van der Waals surface area contributed by atoms with Gasteiger partial charge in [-0.05, 0) is 17.7 Å². The fraction of sp³-hybridized carbons (Fsp3) is 0.211. The van der Waals surface area contributed by atoms with Gasteiger partial charge in [-0.25, -0.2) is 11.3 Å². The van der Waals surface area contributed by atoms with Crippen LogP contribution in [0.5, 0.6) is 0 Å². The van der Waals surface area contributed by atoms with Crippen LogP contribution in [0, 0.1) is 6.08 Å². The zero-order valence-electron chi connectivity index (χ0n) is 14.0. The van der Waals surface area contributed by atoms with Crippen LogP contribution < -0.4 is 24.8 Å². The summed E-state index contributed by atoms with van der Waals surface area (Å²) < 4.78 is 0. The Morgan fingerprint density at radius 1 is 1.04 bits per heavy atom. The molecule has 1 atom stereocenters. The van der Waals surface area contributed by atoms with Gasteiger partial charge in [-0.3, -0.25) is 11.1 Å². The first-order valence-electron chi connectivity index (χ1n) is 7.54. The molecule has 6 heteroatoms. The number of benzene rings is 1. The minimum absolute atomic E-state index is 0. The number of allylic oxidation sites excluding steroid dienone is 4. The number of nitrogens with zero attached hydrogens (tertiary/aromatic N) is 1. The minimum Gasteiger partial charge on any atom is -1.00 e. The first-order valence-corrected chi connectivity index (χ1v) is 12.8. The Hall–Kier alpha value is -0.341. The minimum atomic E-state index is -1.49. The molecule has 0 spiro atoms. The van der Waals surface area contributed by atoms with Gasteiger partial charge in [0.25, 0.3) is 0 Å². The van der Waals surface area contributed by atoms with Crippen LogP contribution in [-0.4, -0.2) is 11.7 Å². The van der Waals surface area contributed by atoms with E-state index in [0.29, 0.717) is 0 Å². The largest absolute Gasteiger partial charge is 3.00 e. The second-order valence-corrected chi connectivity index (χ2v) is 15.5. The van der Waals surface area contributed by atoms with Gasteiger partial charge in [-0.15, -0.1) is 15.3 Å². The maximum absolute atomic E-state index is 4.60. The molecule has 1 unspecified atom stereocenters. The fourth-order valence-electron chi connectivity index (χ4n) is 2.81. The molecule has 0 saturated carbocycles. The van der Waals surface area contributed by atoms with Gasteiger partial charge in [0.1, 0.15) is 6.69 Å². The Kier molecular flexibility index (Phi) is 10.6. The van der Waals surface area contributed by atoms with Crippen molar-refractivity contribution in [2.45, 2.75) is 25.4 Å². The third-order valence-electron chi connectivity index (χ3n) is 3.93. The van der Waals surface area contributed by atoms with Crippen molar-refractivity contribution in [2.75, 3.05) is 0 Å². The van der Waals surface area contributed by atoms with E-state index in [0.717, 1.165) is 12.1 Å². The van der Waals surface area contributed by atoms with Crippen LogP contribution in [0.25, 0.3) is 0 Å². The summed E-state index contributed by atoms with van der Waals surface area (Å²) in [7, 11) is 0. The molecular formula is C19H19BrCl2CrNSi. The summed E-state index contributed by atoms with van der Waals surface area (Å²) >= 11 is 3.87. The molecule has 0 aliphatic heterocycles. The Labute approximate surface area is 182 Å². The summed E-state index contributed by atoms with van der Waals surface area (Å²) in [5.41, 5.74) is 3.70. The summed E-state index contributed by atoms with van der Waals surface area (Å²) in [6.07, 6.45) is 8.85. The number of hydrogen-bond donors (Lipinski definition) is 0. The van der Waals surface area contributed by atoms with E-state index in [1.54, 1.807) is 0 Å². The van der Waals surface area contributed by atoms with Gasteiger partial charge >= 0.3 is 17.4 Å². The molecular weight excluding hydrogens is 473 g/mol. The average molecular weight is 492 g/mol. The topological polar surface area (TPSA) is 12.9 Å². The average Bonchev–Trinajstić information content (AvgIpc) is 2.99. The maximum Gasteiger partial charge on any atom is 3.00 e. The molecule has 1 heterocycles. The van der Waals surface area contributed by atoms with Crippen LogP contribution in [0.3, 0.4) is 0 Å². The van der Waals surface area contributed by atoms with Crippen molar-refractivity contribution in [3.63, 3.8) is 0 Å². The monoisotopic (exact) mass is 490 g/mol. The van der Waals surface area contributed by atoms with Gasteiger partial charge in [-0.2, -0.15) is 5.57 Å². The van der Waals surface area contributed by atoms with Gasteiger partial charge in [0.05, 0.1) is 5.69 Å². The molecule has 0 fully saturated rings. The summed E-state index contributed by atoms with van der Waals surface area (Å²) in [6.45, 7) is 3.10. The normalized spacial score (nSPS) is 14.2. The second kappa shape index (κ2) is 10.7. The number of aromatic nitrogens is 1. The third-order valence-corrected chi connectivity index (χ3v) is 6.82. The number of hydrogen-bond acceptors (Lipinski definition) is 1. The quantitative estimate of drug-likeness (QED) is 0.317. The molecule has 0 amide bonds. The van der Waals surface area contributed by atoms with Crippen LogP contribution >= 0.6 is 15.3 Å². The van der Waals surface area contributed by atoms with Crippen LogP contribution in [0.4, 0.5) is 0 Å². The second-order valence-electron chi connectivity index (χ2n) is 6.04. The predicted molar refractivity (Wildman–Crippen MR) is 98.4 cm³/mol. The molecule has 131 valence electrons. The van der Waals surface area contributed by atoms with E-state index in [-0.39, 0.29) is 48.1 Å². The molecule has 1 aromatic heterocycles. The van der Waals surface area contributed by atoms with Gasteiger partial charge in [0, 0.05) is 12.1 Å². The standard InChI is InChI=1S/C19H19BrNSi.2ClH.Cr/c1-22(2,20)17-12-11-16(14-17)19(15-8-4-3-5-9-15)18-10-6-7-13-21-18;;;/h3-10,12-13,19H,11H2,1-2H3;2*1H;/q-1;;;+3/p-2.